The van der Waals surface area contributed by atoms with Gasteiger partial charge in [-0.05, 0) is 69.1 Å². The molecule has 0 amide bonds. The maximum absolute atomic E-state index is 13.7. The first kappa shape index (κ1) is 26.5. The van der Waals surface area contributed by atoms with Gasteiger partial charge < -0.3 is 14.6 Å². The van der Waals surface area contributed by atoms with E-state index in [0.29, 0.717) is 25.3 Å². The molecule has 0 radical (unpaired) electrons. The highest BCUT2D eigenvalue weighted by Gasteiger charge is 2.36. The summed E-state index contributed by atoms with van der Waals surface area (Å²) in [7, 11) is 1.37. The Labute approximate surface area is 211 Å². The van der Waals surface area contributed by atoms with Crippen LogP contribution >= 0.6 is 0 Å². The predicted octanol–water partition coefficient (Wildman–Crippen LogP) is 5.32. The van der Waals surface area contributed by atoms with Gasteiger partial charge in [-0.25, -0.2) is 8.78 Å². The van der Waals surface area contributed by atoms with Crippen LogP contribution in [0.2, 0.25) is 0 Å². The molecular weight excluding hydrogens is 466 g/mol. The fourth-order valence-electron chi connectivity index (χ4n) is 5.25. The van der Waals surface area contributed by atoms with Gasteiger partial charge in [0.2, 0.25) is 0 Å². The molecule has 8 heteroatoms. The fourth-order valence-corrected chi connectivity index (χ4v) is 5.25. The normalized spacial score (nSPS) is 19.2. The molecule has 1 aliphatic carbocycles. The molecule has 6 nitrogen and oxygen atoms in total. The van der Waals surface area contributed by atoms with E-state index in [1.807, 2.05) is 4.90 Å². The average molecular weight is 503 g/mol. The molecule has 2 heterocycles. The molecule has 1 aromatic heterocycles. The van der Waals surface area contributed by atoms with Gasteiger partial charge in [0.15, 0.2) is 0 Å². The van der Waals surface area contributed by atoms with Gasteiger partial charge in [0.1, 0.15) is 11.8 Å². The first-order valence-corrected chi connectivity index (χ1v) is 12.9. The lowest BCUT2D eigenvalue weighted by atomic mass is 9.95. The van der Waals surface area contributed by atoms with Crippen LogP contribution in [0, 0.1) is 0 Å². The number of benzene rings is 1. The molecule has 2 atom stereocenters. The van der Waals surface area contributed by atoms with Crippen LogP contribution in [0.3, 0.4) is 0 Å². The van der Waals surface area contributed by atoms with Crippen LogP contribution in [-0.2, 0) is 34.7 Å². The van der Waals surface area contributed by atoms with Crippen molar-refractivity contribution in [2.24, 2.45) is 0 Å². The zero-order valence-electron chi connectivity index (χ0n) is 21.1. The molecule has 4 rings (SSSR count). The number of nitrogens with zero attached hydrogens (tertiary/aromatic N) is 2. The molecule has 2 aliphatic rings. The van der Waals surface area contributed by atoms with E-state index in [0.717, 1.165) is 51.1 Å². The first-order chi connectivity index (χ1) is 17.3. The molecule has 0 unspecified atom stereocenters. The molecule has 0 bridgehead atoms. The largest absolute Gasteiger partial charge is 0.496 e. The number of aryl methyl sites for hydroxylation is 3. The molecule has 1 aliphatic heterocycles. The van der Waals surface area contributed by atoms with Crippen LogP contribution in [-0.4, -0.2) is 53.9 Å². The van der Waals surface area contributed by atoms with Crippen LogP contribution in [0.25, 0.3) is 0 Å². The van der Waals surface area contributed by atoms with Gasteiger partial charge in [0, 0.05) is 49.1 Å². The fraction of sp³-hybridized carbons (Fsp3) is 0.571. The Bertz CT molecular complexity index is 1060. The minimum Gasteiger partial charge on any atom is -0.496 e. The third kappa shape index (κ3) is 6.40. The number of hydrogen-bond donors (Lipinski definition) is 1. The summed E-state index contributed by atoms with van der Waals surface area (Å²) in [5.41, 5.74) is 3.98. The molecule has 0 spiro atoms. The topological polar surface area (TPSA) is 71.9 Å². The summed E-state index contributed by atoms with van der Waals surface area (Å²) in [5.74, 6) is -3.92. The molecule has 2 aromatic rings. The highest BCUT2D eigenvalue weighted by molar-refractivity contribution is 5.77. The monoisotopic (exact) mass is 502 g/mol. The Morgan fingerprint density at radius 1 is 1.22 bits per heavy atom. The minimum atomic E-state index is -3.03. The van der Waals surface area contributed by atoms with Gasteiger partial charge in [-0.2, -0.15) is 0 Å². The van der Waals surface area contributed by atoms with Crippen molar-refractivity contribution in [3.05, 3.63) is 58.4 Å². The van der Waals surface area contributed by atoms with Crippen LogP contribution in [0.4, 0.5) is 8.78 Å². The van der Waals surface area contributed by atoms with Crippen molar-refractivity contribution < 1.29 is 28.2 Å². The van der Waals surface area contributed by atoms with Gasteiger partial charge in [-0.3, -0.25) is 14.7 Å². The van der Waals surface area contributed by atoms with E-state index in [-0.39, 0.29) is 17.4 Å². The second-order valence-corrected chi connectivity index (χ2v) is 9.93. The van der Waals surface area contributed by atoms with E-state index in [1.165, 1.54) is 49.4 Å². The number of aromatic nitrogens is 1. The summed E-state index contributed by atoms with van der Waals surface area (Å²) >= 11 is 0. The zero-order chi connectivity index (χ0) is 25.7. The highest BCUT2D eigenvalue weighted by atomic mass is 19.3. The summed E-state index contributed by atoms with van der Waals surface area (Å²) < 4.78 is 38.9. The van der Waals surface area contributed by atoms with Crippen molar-refractivity contribution in [3.63, 3.8) is 0 Å². The summed E-state index contributed by atoms with van der Waals surface area (Å²) in [4.78, 5) is 18.8. The number of unbranched alkanes of at least 4 members (excludes halogenated alkanes) is 1. The third-order valence-electron chi connectivity index (χ3n) is 7.23. The Morgan fingerprint density at radius 2 is 2.03 bits per heavy atom. The quantitative estimate of drug-likeness (QED) is 0.420. The van der Waals surface area contributed by atoms with E-state index < -0.39 is 17.9 Å². The number of carboxylic acids is 1. The highest BCUT2D eigenvalue weighted by Crippen LogP contribution is 2.37. The third-order valence-corrected chi connectivity index (χ3v) is 7.23. The number of aliphatic carboxylic acids is 1. The number of pyridine rings is 1. The lowest BCUT2D eigenvalue weighted by Crippen LogP contribution is -2.34. The molecule has 1 saturated heterocycles. The standard InChI is InChI=1S/C28H36F2N2O4/c1-28(29,30)20-11-13-23(25(17-20)35-2)26(27(33)34)32-15-14-22(18-32)36-16-6-5-8-21-12-10-19-7-3-4-9-24(19)31-21/h10-13,17,22,26H,3-9,14-16,18H2,1-2H3,(H,33,34)/t22-,26+/m1/s1. The van der Waals surface area contributed by atoms with Crippen molar-refractivity contribution in [1.82, 2.24) is 9.88 Å². The number of ether oxygens (including phenoxy) is 2. The minimum absolute atomic E-state index is 0.0565. The van der Waals surface area contributed by atoms with Crippen molar-refractivity contribution in [3.8, 4) is 5.75 Å². The summed E-state index contributed by atoms with van der Waals surface area (Å²) in [5, 5.41) is 9.96. The second kappa shape index (κ2) is 11.6. The number of hydrogen-bond acceptors (Lipinski definition) is 5. The molecule has 36 heavy (non-hydrogen) atoms. The number of likely N-dealkylation sites (tertiary alicyclic amines) is 1. The van der Waals surface area contributed by atoms with Crippen LogP contribution in [0.5, 0.6) is 5.75 Å². The van der Waals surface area contributed by atoms with Crippen molar-refractivity contribution in [2.45, 2.75) is 76.4 Å². The molecule has 1 N–H and O–H groups in total. The second-order valence-electron chi connectivity index (χ2n) is 9.93. The SMILES string of the molecule is COc1cc(C(C)(F)F)ccc1[C@@H](C(=O)O)N1CC[C@@H](OCCCCc2ccc3c(n2)CCCC3)C1. The maximum Gasteiger partial charge on any atom is 0.325 e. The zero-order valence-corrected chi connectivity index (χ0v) is 21.1. The summed E-state index contributed by atoms with van der Waals surface area (Å²) in [6.45, 7) is 2.44. The first-order valence-electron chi connectivity index (χ1n) is 12.9. The van der Waals surface area contributed by atoms with E-state index >= 15 is 0 Å². The number of carboxylic acid groups (broad SMARTS) is 1. The molecule has 0 saturated carbocycles. The smallest absolute Gasteiger partial charge is 0.325 e. The van der Waals surface area contributed by atoms with Gasteiger partial charge in [0.05, 0.1) is 13.2 Å². The van der Waals surface area contributed by atoms with E-state index in [4.69, 9.17) is 14.5 Å². The van der Waals surface area contributed by atoms with Crippen LogP contribution < -0.4 is 4.74 Å². The number of carbonyl (C=O) groups is 1. The van der Waals surface area contributed by atoms with Gasteiger partial charge in [0.25, 0.3) is 5.92 Å². The number of fused-ring (bicyclic) bond motifs is 1. The number of methoxy groups -OCH3 is 1. The number of alkyl halides is 2. The number of halogens is 2. The molecule has 196 valence electrons. The summed E-state index contributed by atoms with van der Waals surface area (Å²) in [6, 6.07) is 7.34. The maximum atomic E-state index is 13.7. The Kier molecular flexibility index (Phi) is 8.57. The predicted molar refractivity (Wildman–Crippen MR) is 133 cm³/mol. The van der Waals surface area contributed by atoms with E-state index in [1.54, 1.807) is 0 Å². The lowest BCUT2D eigenvalue weighted by Gasteiger charge is -2.26. The van der Waals surface area contributed by atoms with E-state index in [9.17, 15) is 18.7 Å². The van der Waals surface area contributed by atoms with Crippen LogP contribution in [0.1, 0.15) is 73.1 Å². The Morgan fingerprint density at radius 3 is 2.78 bits per heavy atom. The van der Waals surface area contributed by atoms with Crippen LogP contribution in [0.15, 0.2) is 30.3 Å². The molecule has 1 aromatic carbocycles. The van der Waals surface area contributed by atoms with Crippen molar-refractivity contribution in [2.75, 3.05) is 26.8 Å². The van der Waals surface area contributed by atoms with E-state index in [2.05, 4.69) is 12.1 Å². The lowest BCUT2D eigenvalue weighted by molar-refractivity contribution is -0.143. The Hall–Kier alpha value is -2.58. The van der Waals surface area contributed by atoms with Crippen molar-refractivity contribution in [1.29, 1.82) is 0 Å². The average Bonchev–Trinajstić information content (AvgIpc) is 3.31. The number of rotatable bonds is 11. The molecule has 1 fully saturated rings. The van der Waals surface area contributed by atoms with Crippen molar-refractivity contribution >= 4 is 5.97 Å². The summed E-state index contributed by atoms with van der Waals surface area (Å²) in [6.07, 6.45) is 8.22. The molecular formula is C28H36F2N2O4. The van der Waals surface area contributed by atoms with Gasteiger partial charge in [-0.15, -0.1) is 0 Å². The Balaban J connectivity index is 1.27. The van der Waals surface area contributed by atoms with Gasteiger partial charge >= 0.3 is 5.97 Å². The van der Waals surface area contributed by atoms with Gasteiger partial charge in [-0.1, -0.05) is 18.2 Å².